The van der Waals surface area contributed by atoms with Gasteiger partial charge in [0.05, 0.1) is 6.07 Å². The SMILES string of the molecule is CCC(C)(C#N)C(=O)N(C)C(C)CSC. The predicted molar refractivity (Wildman–Crippen MR) is 64.6 cm³/mol. The summed E-state index contributed by atoms with van der Waals surface area (Å²) in [7, 11) is 1.77. The zero-order valence-corrected chi connectivity index (χ0v) is 11.0. The first-order valence-corrected chi connectivity index (χ1v) is 6.49. The number of nitriles is 1. The number of hydrogen-bond donors (Lipinski definition) is 0. The Bertz CT molecular complexity index is 262. The third-order valence-corrected chi connectivity index (χ3v) is 3.63. The summed E-state index contributed by atoms with van der Waals surface area (Å²) < 4.78 is 0. The number of rotatable bonds is 5. The van der Waals surface area contributed by atoms with Crippen molar-refractivity contribution in [1.82, 2.24) is 4.90 Å². The summed E-state index contributed by atoms with van der Waals surface area (Å²) in [5, 5.41) is 9.01. The van der Waals surface area contributed by atoms with E-state index in [9.17, 15) is 4.79 Å². The molecule has 4 heteroatoms. The van der Waals surface area contributed by atoms with E-state index in [2.05, 4.69) is 6.07 Å². The van der Waals surface area contributed by atoms with Crippen LogP contribution in [0, 0.1) is 16.7 Å². The highest BCUT2D eigenvalue weighted by molar-refractivity contribution is 7.98. The van der Waals surface area contributed by atoms with Crippen LogP contribution in [0.1, 0.15) is 27.2 Å². The second-order valence-corrected chi connectivity index (χ2v) is 4.93. The molecule has 0 rings (SSSR count). The predicted octanol–water partition coefficient (Wildman–Crippen LogP) is 2.14. The molecule has 0 saturated heterocycles. The van der Waals surface area contributed by atoms with Crippen LogP contribution in [-0.4, -0.2) is 35.9 Å². The van der Waals surface area contributed by atoms with Gasteiger partial charge in [-0.2, -0.15) is 17.0 Å². The van der Waals surface area contributed by atoms with Gasteiger partial charge in [-0.05, 0) is 26.5 Å². The summed E-state index contributed by atoms with van der Waals surface area (Å²) in [6.07, 6.45) is 2.57. The van der Waals surface area contributed by atoms with Crippen molar-refractivity contribution in [2.75, 3.05) is 19.1 Å². The highest BCUT2D eigenvalue weighted by Gasteiger charge is 2.35. The maximum absolute atomic E-state index is 12.0. The van der Waals surface area contributed by atoms with E-state index in [0.29, 0.717) is 6.42 Å². The molecule has 2 atom stereocenters. The highest BCUT2D eigenvalue weighted by atomic mass is 32.2. The summed E-state index contributed by atoms with van der Waals surface area (Å²) in [6.45, 7) is 5.58. The average molecular weight is 228 g/mol. The molecule has 0 aliphatic heterocycles. The third kappa shape index (κ3) is 3.42. The normalized spacial score (nSPS) is 16.3. The Morgan fingerprint density at radius 1 is 1.67 bits per heavy atom. The monoisotopic (exact) mass is 228 g/mol. The van der Waals surface area contributed by atoms with Gasteiger partial charge in [-0.3, -0.25) is 4.79 Å². The van der Waals surface area contributed by atoms with E-state index in [-0.39, 0.29) is 11.9 Å². The molecule has 15 heavy (non-hydrogen) atoms. The average Bonchev–Trinajstić information content (AvgIpc) is 2.26. The van der Waals surface area contributed by atoms with Crippen LogP contribution in [0.2, 0.25) is 0 Å². The minimum Gasteiger partial charge on any atom is -0.341 e. The molecular weight excluding hydrogens is 208 g/mol. The van der Waals surface area contributed by atoms with E-state index < -0.39 is 5.41 Å². The summed E-state index contributed by atoms with van der Waals surface area (Å²) >= 11 is 1.70. The van der Waals surface area contributed by atoms with Crippen LogP contribution < -0.4 is 0 Å². The van der Waals surface area contributed by atoms with Crippen LogP contribution in [0.4, 0.5) is 0 Å². The van der Waals surface area contributed by atoms with Gasteiger partial charge >= 0.3 is 0 Å². The van der Waals surface area contributed by atoms with Crippen LogP contribution in [0.3, 0.4) is 0 Å². The van der Waals surface area contributed by atoms with E-state index >= 15 is 0 Å². The molecular formula is C11H20N2OS. The van der Waals surface area contributed by atoms with Gasteiger partial charge < -0.3 is 4.90 Å². The van der Waals surface area contributed by atoms with Gasteiger partial charge in [0.2, 0.25) is 5.91 Å². The topological polar surface area (TPSA) is 44.1 Å². The maximum atomic E-state index is 12.0. The summed E-state index contributed by atoms with van der Waals surface area (Å²) in [4.78, 5) is 13.7. The van der Waals surface area contributed by atoms with E-state index in [1.807, 2.05) is 20.1 Å². The van der Waals surface area contributed by atoms with Gasteiger partial charge in [0.1, 0.15) is 5.41 Å². The number of nitrogens with zero attached hydrogens (tertiary/aromatic N) is 2. The lowest BCUT2D eigenvalue weighted by molar-refractivity contribution is -0.138. The van der Waals surface area contributed by atoms with Crippen molar-refractivity contribution in [1.29, 1.82) is 5.26 Å². The van der Waals surface area contributed by atoms with Gasteiger partial charge in [-0.25, -0.2) is 0 Å². The van der Waals surface area contributed by atoms with Gasteiger partial charge in [-0.15, -0.1) is 0 Å². The van der Waals surface area contributed by atoms with Crippen molar-refractivity contribution in [3.8, 4) is 6.07 Å². The molecule has 0 aliphatic carbocycles. The summed E-state index contributed by atoms with van der Waals surface area (Å²) in [6, 6.07) is 2.28. The number of thioether (sulfide) groups is 1. The highest BCUT2D eigenvalue weighted by Crippen LogP contribution is 2.23. The Morgan fingerprint density at radius 3 is 2.53 bits per heavy atom. The molecule has 0 radical (unpaired) electrons. The number of hydrogen-bond acceptors (Lipinski definition) is 3. The van der Waals surface area contributed by atoms with Crippen LogP contribution in [-0.2, 0) is 4.79 Å². The molecule has 0 aliphatic rings. The standard InChI is InChI=1S/C11H20N2OS/c1-6-11(3,8-12)10(14)13(4)9(2)7-15-5/h9H,6-7H2,1-5H3. The molecule has 0 fully saturated rings. The van der Waals surface area contributed by atoms with E-state index in [1.54, 1.807) is 30.6 Å². The lowest BCUT2D eigenvalue weighted by Gasteiger charge is -2.30. The van der Waals surface area contributed by atoms with Gasteiger partial charge in [0, 0.05) is 18.8 Å². The Labute approximate surface area is 96.8 Å². The Balaban J connectivity index is 4.64. The number of carbonyl (C=O) groups is 1. The van der Waals surface area contributed by atoms with Crippen molar-refractivity contribution in [2.24, 2.45) is 5.41 Å². The van der Waals surface area contributed by atoms with Crippen molar-refractivity contribution >= 4 is 17.7 Å². The van der Waals surface area contributed by atoms with E-state index in [4.69, 9.17) is 5.26 Å². The summed E-state index contributed by atoms with van der Waals surface area (Å²) in [5.74, 6) is 0.821. The molecule has 2 unspecified atom stereocenters. The van der Waals surface area contributed by atoms with Crippen molar-refractivity contribution < 1.29 is 4.79 Å². The molecule has 3 nitrogen and oxygen atoms in total. The minimum absolute atomic E-state index is 0.0750. The first-order chi connectivity index (χ1) is 6.92. The van der Waals surface area contributed by atoms with Gasteiger partial charge in [-0.1, -0.05) is 6.92 Å². The van der Waals surface area contributed by atoms with E-state index in [0.717, 1.165) is 5.75 Å². The molecule has 86 valence electrons. The van der Waals surface area contributed by atoms with Crippen LogP contribution >= 0.6 is 11.8 Å². The lowest BCUT2D eigenvalue weighted by atomic mass is 9.87. The van der Waals surface area contributed by atoms with Crippen molar-refractivity contribution in [3.63, 3.8) is 0 Å². The second-order valence-electron chi connectivity index (χ2n) is 4.02. The Morgan fingerprint density at radius 2 is 2.20 bits per heavy atom. The maximum Gasteiger partial charge on any atom is 0.242 e. The third-order valence-electron chi connectivity index (χ3n) is 2.82. The lowest BCUT2D eigenvalue weighted by Crippen LogP contribution is -2.44. The van der Waals surface area contributed by atoms with Gasteiger partial charge in [0.15, 0.2) is 0 Å². The van der Waals surface area contributed by atoms with Crippen LogP contribution in [0.25, 0.3) is 0 Å². The Hall–Kier alpha value is -0.690. The van der Waals surface area contributed by atoms with Crippen molar-refractivity contribution in [3.05, 3.63) is 0 Å². The fourth-order valence-corrected chi connectivity index (χ4v) is 1.93. The largest absolute Gasteiger partial charge is 0.341 e. The van der Waals surface area contributed by atoms with Crippen LogP contribution in [0.15, 0.2) is 0 Å². The quantitative estimate of drug-likeness (QED) is 0.724. The molecule has 0 aromatic carbocycles. The molecule has 0 heterocycles. The smallest absolute Gasteiger partial charge is 0.242 e. The zero-order valence-electron chi connectivity index (χ0n) is 10.2. The zero-order chi connectivity index (χ0) is 12.1. The molecule has 0 N–H and O–H groups in total. The number of carbonyl (C=O) groups excluding carboxylic acids is 1. The molecule has 0 spiro atoms. The molecule has 0 aromatic heterocycles. The van der Waals surface area contributed by atoms with Crippen molar-refractivity contribution in [2.45, 2.75) is 33.2 Å². The van der Waals surface area contributed by atoms with Crippen LogP contribution in [0.5, 0.6) is 0 Å². The summed E-state index contributed by atoms with van der Waals surface area (Å²) in [5.41, 5.74) is -0.874. The van der Waals surface area contributed by atoms with Gasteiger partial charge in [0.25, 0.3) is 0 Å². The Kier molecular flexibility index (Phi) is 5.74. The first kappa shape index (κ1) is 14.3. The minimum atomic E-state index is -0.874. The second kappa shape index (κ2) is 6.02. The molecule has 0 bridgehead atoms. The fraction of sp³-hybridized carbons (Fsp3) is 0.818. The number of amides is 1. The molecule has 1 amide bonds. The molecule has 0 saturated carbocycles. The fourth-order valence-electron chi connectivity index (χ4n) is 1.22. The van der Waals surface area contributed by atoms with E-state index in [1.165, 1.54) is 0 Å². The molecule has 0 aromatic rings. The first-order valence-electron chi connectivity index (χ1n) is 5.10.